The topological polar surface area (TPSA) is 88.9 Å². The first-order valence-electron chi connectivity index (χ1n) is 11.8. The highest BCUT2D eigenvalue weighted by molar-refractivity contribution is 5.96. The van der Waals surface area contributed by atoms with Gasteiger partial charge in [0.05, 0.1) is 5.69 Å². The summed E-state index contributed by atoms with van der Waals surface area (Å²) in [5.74, 6) is 1.60. The Kier molecular flexibility index (Phi) is 6.41. The van der Waals surface area contributed by atoms with Gasteiger partial charge in [0, 0.05) is 44.7 Å². The number of amides is 2. The summed E-state index contributed by atoms with van der Waals surface area (Å²) >= 11 is 0. The van der Waals surface area contributed by atoms with Crippen LogP contribution < -0.4 is 14.8 Å². The molecule has 0 spiro atoms. The number of benzene rings is 2. The Labute approximate surface area is 204 Å². The molecule has 2 aliphatic heterocycles. The molecular formula is C26H29N5O4. The van der Waals surface area contributed by atoms with Crippen LogP contribution in [0.25, 0.3) is 5.69 Å². The van der Waals surface area contributed by atoms with Gasteiger partial charge in [0.15, 0.2) is 17.2 Å². The first-order chi connectivity index (χ1) is 17.0. The third-order valence-corrected chi connectivity index (χ3v) is 6.21. The standard InChI is InChI=1S/C26H29N5O4/c1-18(2)25(32)27-24-15-21(28-31(24)20-6-4-3-5-7-20)26(33)30-12-10-29(11-13-30)16-19-8-9-22-23(14-19)35-17-34-22/h3-9,14-15,18H,10-13,16-17H2,1-2H3,(H,27,32). The fourth-order valence-corrected chi connectivity index (χ4v) is 4.18. The Hall–Kier alpha value is -3.85. The number of ether oxygens (including phenoxy) is 2. The highest BCUT2D eigenvalue weighted by Gasteiger charge is 2.26. The molecular weight excluding hydrogens is 446 g/mol. The van der Waals surface area contributed by atoms with Gasteiger partial charge < -0.3 is 19.7 Å². The highest BCUT2D eigenvalue weighted by Crippen LogP contribution is 2.33. The average Bonchev–Trinajstić information content (AvgIpc) is 3.51. The summed E-state index contributed by atoms with van der Waals surface area (Å²) in [6, 6.07) is 17.1. The predicted octanol–water partition coefficient (Wildman–Crippen LogP) is 3.15. The van der Waals surface area contributed by atoms with Crippen LogP contribution in [0.3, 0.4) is 0 Å². The number of carbonyl (C=O) groups is 2. The summed E-state index contributed by atoms with van der Waals surface area (Å²) in [5, 5.41) is 7.46. The van der Waals surface area contributed by atoms with Crippen molar-refractivity contribution in [2.24, 2.45) is 5.92 Å². The minimum absolute atomic E-state index is 0.127. The molecule has 0 unspecified atom stereocenters. The van der Waals surface area contributed by atoms with Crippen molar-refractivity contribution < 1.29 is 19.1 Å². The lowest BCUT2D eigenvalue weighted by Gasteiger charge is -2.34. The van der Waals surface area contributed by atoms with Crippen molar-refractivity contribution in [2.45, 2.75) is 20.4 Å². The molecule has 0 saturated carbocycles. The van der Waals surface area contributed by atoms with Crippen LogP contribution in [0.15, 0.2) is 54.6 Å². The van der Waals surface area contributed by atoms with Gasteiger partial charge in [-0.25, -0.2) is 4.68 Å². The van der Waals surface area contributed by atoms with Gasteiger partial charge in [-0.3, -0.25) is 14.5 Å². The molecule has 2 aromatic carbocycles. The van der Waals surface area contributed by atoms with Gasteiger partial charge in [0.1, 0.15) is 5.82 Å². The van der Waals surface area contributed by atoms with E-state index < -0.39 is 0 Å². The quantitative estimate of drug-likeness (QED) is 0.589. The van der Waals surface area contributed by atoms with Crippen molar-refractivity contribution in [1.82, 2.24) is 19.6 Å². The van der Waals surface area contributed by atoms with E-state index in [9.17, 15) is 9.59 Å². The number of carbonyl (C=O) groups excluding carboxylic acids is 2. The summed E-state index contributed by atoms with van der Waals surface area (Å²) in [6.45, 7) is 7.44. The minimum atomic E-state index is -0.189. The lowest BCUT2D eigenvalue weighted by atomic mass is 10.1. The molecule has 5 rings (SSSR count). The number of fused-ring (bicyclic) bond motifs is 1. The number of hydrogen-bond donors (Lipinski definition) is 1. The van der Waals surface area contributed by atoms with E-state index in [0.29, 0.717) is 24.6 Å². The maximum absolute atomic E-state index is 13.3. The van der Waals surface area contributed by atoms with Crippen molar-refractivity contribution in [3.05, 3.63) is 65.9 Å². The molecule has 2 amide bonds. The second kappa shape index (κ2) is 9.79. The van der Waals surface area contributed by atoms with E-state index in [1.54, 1.807) is 10.7 Å². The zero-order chi connectivity index (χ0) is 24.4. The zero-order valence-electron chi connectivity index (χ0n) is 19.9. The number of rotatable bonds is 6. The normalized spacial score (nSPS) is 15.5. The smallest absolute Gasteiger partial charge is 0.274 e. The molecule has 2 aliphatic rings. The van der Waals surface area contributed by atoms with Crippen LogP contribution in [0.2, 0.25) is 0 Å². The van der Waals surface area contributed by atoms with Crippen molar-refractivity contribution in [3.63, 3.8) is 0 Å². The molecule has 9 heteroatoms. The average molecular weight is 476 g/mol. The van der Waals surface area contributed by atoms with E-state index in [4.69, 9.17) is 9.47 Å². The molecule has 3 heterocycles. The molecule has 1 fully saturated rings. The summed E-state index contributed by atoms with van der Waals surface area (Å²) < 4.78 is 12.5. The number of piperazine rings is 1. The third kappa shape index (κ3) is 5.00. The number of hydrogen-bond acceptors (Lipinski definition) is 6. The first-order valence-corrected chi connectivity index (χ1v) is 11.8. The monoisotopic (exact) mass is 475 g/mol. The van der Waals surface area contributed by atoms with Gasteiger partial charge in [-0.05, 0) is 29.8 Å². The van der Waals surface area contributed by atoms with Crippen LogP contribution in [-0.4, -0.2) is 64.4 Å². The first kappa shape index (κ1) is 22.9. The van der Waals surface area contributed by atoms with E-state index in [-0.39, 0.29) is 24.5 Å². The van der Waals surface area contributed by atoms with Crippen LogP contribution in [0.5, 0.6) is 11.5 Å². The number of nitrogens with one attached hydrogen (secondary N) is 1. The summed E-state index contributed by atoms with van der Waals surface area (Å²) in [4.78, 5) is 29.8. The van der Waals surface area contributed by atoms with E-state index in [0.717, 1.165) is 42.4 Å². The molecule has 1 aromatic heterocycles. The molecule has 0 bridgehead atoms. The fraction of sp³-hybridized carbons (Fsp3) is 0.346. The van der Waals surface area contributed by atoms with Gasteiger partial charge in [0.25, 0.3) is 5.91 Å². The molecule has 182 valence electrons. The SMILES string of the molecule is CC(C)C(=O)Nc1cc(C(=O)N2CCN(Cc3ccc4c(c3)OCO4)CC2)nn1-c1ccccc1. The summed E-state index contributed by atoms with van der Waals surface area (Å²) in [6.07, 6.45) is 0. The van der Waals surface area contributed by atoms with E-state index in [2.05, 4.69) is 15.3 Å². The van der Waals surface area contributed by atoms with Gasteiger partial charge in [-0.15, -0.1) is 0 Å². The van der Waals surface area contributed by atoms with Gasteiger partial charge in [0.2, 0.25) is 12.7 Å². The van der Waals surface area contributed by atoms with E-state index >= 15 is 0 Å². The Morgan fingerprint density at radius 2 is 1.71 bits per heavy atom. The summed E-state index contributed by atoms with van der Waals surface area (Å²) in [7, 11) is 0. The molecule has 1 saturated heterocycles. The van der Waals surface area contributed by atoms with E-state index in [1.807, 2.05) is 67.3 Å². The predicted molar refractivity (Wildman–Crippen MR) is 131 cm³/mol. The molecule has 0 aliphatic carbocycles. The Morgan fingerprint density at radius 3 is 2.46 bits per heavy atom. The van der Waals surface area contributed by atoms with Crippen LogP contribution in [0, 0.1) is 5.92 Å². The lowest BCUT2D eigenvalue weighted by Crippen LogP contribution is -2.48. The summed E-state index contributed by atoms with van der Waals surface area (Å²) in [5.41, 5.74) is 2.25. The van der Waals surface area contributed by atoms with Gasteiger partial charge in [-0.2, -0.15) is 5.10 Å². The largest absolute Gasteiger partial charge is 0.454 e. The molecule has 3 aromatic rings. The zero-order valence-corrected chi connectivity index (χ0v) is 19.9. The van der Waals surface area contributed by atoms with Gasteiger partial charge in [-0.1, -0.05) is 38.1 Å². The van der Waals surface area contributed by atoms with Crippen molar-refractivity contribution in [1.29, 1.82) is 0 Å². The third-order valence-electron chi connectivity index (χ3n) is 6.21. The molecule has 1 N–H and O–H groups in total. The lowest BCUT2D eigenvalue weighted by molar-refractivity contribution is -0.118. The van der Waals surface area contributed by atoms with Crippen LogP contribution in [-0.2, 0) is 11.3 Å². The Bertz CT molecular complexity index is 1220. The molecule has 0 radical (unpaired) electrons. The Balaban J connectivity index is 1.26. The van der Waals surface area contributed by atoms with Crippen molar-refractivity contribution in [3.8, 4) is 17.2 Å². The Morgan fingerprint density at radius 1 is 0.971 bits per heavy atom. The molecule has 9 nitrogen and oxygen atoms in total. The van der Waals surface area contributed by atoms with Gasteiger partial charge >= 0.3 is 0 Å². The second-order valence-corrected chi connectivity index (χ2v) is 9.06. The van der Waals surface area contributed by atoms with Crippen LogP contribution in [0.1, 0.15) is 29.9 Å². The number of nitrogens with zero attached hydrogens (tertiary/aromatic N) is 4. The maximum Gasteiger partial charge on any atom is 0.274 e. The van der Waals surface area contributed by atoms with Crippen LogP contribution in [0.4, 0.5) is 5.82 Å². The number of anilines is 1. The number of para-hydroxylation sites is 1. The fourth-order valence-electron chi connectivity index (χ4n) is 4.18. The maximum atomic E-state index is 13.3. The highest BCUT2D eigenvalue weighted by atomic mass is 16.7. The van der Waals surface area contributed by atoms with Crippen molar-refractivity contribution in [2.75, 3.05) is 38.3 Å². The molecule has 0 atom stereocenters. The van der Waals surface area contributed by atoms with Crippen LogP contribution >= 0.6 is 0 Å². The van der Waals surface area contributed by atoms with Crippen molar-refractivity contribution >= 4 is 17.6 Å². The second-order valence-electron chi connectivity index (χ2n) is 9.06. The van der Waals surface area contributed by atoms with E-state index in [1.165, 1.54) is 0 Å². The number of aromatic nitrogens is 2. The minimum Gasteiger partial charge on any atom is -0.454 e. The molecule has 35 heavy (non-hydrogen) atoms.